The van der Waals surface area contributed by atoms with Gasteiger partial charge in [0.1, 0.15) is 11.4 Å². The Hall–Kier alpha value is -2.29. The molecule has 0 radical (unpaired) electrons. The van der Waals surface area contributed by atoms with E-state index in [1.54, 1.807) is 0 Å². The van der Waals surface area contributed by atoms with E-state index >= 15 is 0 Å². The highest BCUT2D eigenvalue weighted by molar-refractivity contribution is 5.85. The largest absolute Gasteiger partial charge is 0.480 e. The highest BCUT2D eigenvalue weighted by atomic mass is 16.5. The van der Waals surface area contributed by atoms with E-state index in [2.05, 4.69) is 21.2 Å². The van der Waals surface area contributed by atoms with Crippen LogP contribution in [0.4, 0.5) is 5.82 Å². The summed E-state index contributed by atoms with van der Waals surface area (Å²) in [5.41, 5.74) is 0.207. The summed E-state index contributed by atoms with van der Waals surface area (Å²) in [5.74, 6) is 2.80. The number of hydrogen-bond acceptors (Lipinski definition) is 6. The summed E-state index contributed by atoms with van der Waals surface area (Å²) in [4.78, 5) is 18.7. The first kappa shape index (κ1) is 11.8. The molecule has 0 bridgehead atoms. The van der Waals surface area contributed by atoms with Crippen LogP contribution in [0.2, 0.25) is 0 Å². The maximum atomic E-state index is 10.9. The number of aromatic nitrogens is 2. The molecule has 0 aliphatic carbocycles. The van der Waals surface area contributed by atoms with Gasteiger partial charge >= 0.3 is 6.01 Å². The van der Waals surface area contributed by atoms with Crippen LogP contribution in [-0.4, -0.2) is 37.0 Å². The quantitative estimate of drug-likeness (QED) is 0.571. The lowest BCUT2D eigenvalue weighted by Gasteiger charge is -2.09. The molecule has 1 N–H and O–H groups in total. The number of hydrogen-bond donors (Lipinski definition) is 1. The molecule has 84 valence electrons. The molecular formula is C10H11N3O3. The smallest absolute Gasteiger partial charge is 0.321 e. The summed E-state index contributed by atoms with van der Waals surface area (Å²) in [6, 6.07) is 0.0990. The zero-order chi connectivity index (χ0) is 12.0. The van der Waals surface area contributed by atoms with Crippen molar-refractivity contribution in [2.45, 2.75) is 0 Å². The van der Waals surface area contributed by atoms with Gasteiger partial charge in [0.25, 0.3) is 0 Å². The fourth-order valence-corrected chi connectivity index (χ4v) is 1.05. The van der Waals surface area contributed by atoms with Crippen molar-refractivity contribution in [3.05, 3.63) is 5.56 Å². The minimum Gasteiger partial charge on any atom is -0.480 e. The van der Waals surface area contributed by atoms with Crippen LogP contribution >= 0.6 is 0 Å². The van der Waals surface area contributed by atoms with E-state index in [1.165, 1.54) is 14.2 Å². The van der Waals surface area contributed by atoms with E-state index in [1.807, 2.05) is 0 Å². The van der Waals surface area contributed by atoms with Crippen molar-refractivity contribution >= 4 is 12.1 Å². The van der Waals surface area contributed by atoms with Crippen LogP contribution in [0.25, 0.3) is 0 Å². The molecule has 0 unspecified atom stereocenters. The van der Waals surface area contributed by atoms with Crippen molar-refractivity contribution < 1.29 is 14.3 Å². The number of carbonyl (C=O) groups excluding carboxylic acids is 1. The number of carbonyl (C=O) groups is 1. The van der Waals surface area contributed by atoms with Gasteiger partial charge < -0.3 is 14.8 Å². The van der Waals surface area contributed by atoms with Crippen LogP contribution < -0.4 is 14.8 Å². The van der Waals surface area contributed by atoms with Crippen molar-refractivity contribution in [3.63, 3.8) is 0 Å². The predicted octanol–water partition coefficient (Wildman–Crippen LogP) is 0.351. The molecule has 0 atom stereocenters. The molecule has 1 rings (SSSR count). The molecule has 0 fully saturated rings. The first-order chi connectivity index (χ1) is 7.76. The van der Waals surface area contributed by atoms with Crippen molar-refractivity contribution in [1.82, 2.24) is 9.97 Å². The number of anilines is 1. The molecular weight excluding hydrogens is 210 g/mol. The number of ether oxygens (including phenoxy) is 2. The maximum Gasteiger partial charge on any atom is 0.321 e. The topological polar surface area (TPSA) is 73.3 Å². The van der Waals surface area contributed by atoms with Crippen LogP contribution in [-0.2, 0) is 0 Å². The molecule has 0 aliphatic rings. The van der Waals surface area contributed by atoms with E-state index in [9.17, 15) is 4.79 Å². The van der Waals surface area contributed by atoms with Gasteiger partial charge in [-0.15, -0.1) is 6.42 Å². The number of nitrogens with one attached hydrogen (secondary N) is 1. The maximum absolute atomic E-state index is 10.9. The zero-order valence-corrected chi connectivity index (χ0v) is 8.98. The Bertz CT molecular complexity index is 426. The summed E-state index contributed by atoms with van der Waals surface area (Å²) < 4.78 is 9.81. The fraction of sp³-hybridized carbons (Fsp3) is 0.300. The number of methoxy groups -OCH3 is 2. The average molecular weight is 221 g/mol. The number of nitrogens with zero attached hydrogens (tertiary/aromatic N) is 2. The van der Waals surface area contributed by atoms with Gasteiger partial charge in [-0.3, -0.25) is 4.79 Å². The second-order valence-electron chi connectivity index (χ2n) is 2.66. The van der Waals surface area contributed by atoms with Gasteiger partial charge in [0.2, 0.25) is 5.88 Å². The summed E-state index contributed by atoms with van der Waals surface area (Å²) in [6.45, 7) is 0.240. The summed E-state index contributed by atoms with van der Waals surface area (Å²) in [7, 11) is 2.82. The molecule has 1 aromatic rings. The van der Waals surface area contributed by atoms with Crippen molar-refractivity contribution in [1.29, 1.82) is 0 Å². The van der Waals surface area contributed by atoms with Crippen molar-refractivity contribution in [2.75, 3.05) is 26.1 Å². The van der Waals surface area contributed by atoms with Gasteiger partial charge in [-0.2, -0.15) is 9.97 Å². The van der Waals surface area contributed by atoms with E-state index in [0.29, 0.717) is 6.29 Å². The third kappa shape index (κ3) is 2.39. The summed E-state index contributed by atoms with van der Waals surface area (Å²) in [5, 5.41) is 2.78. The highest BCUT2D eigenvalue weighted by Gasteiger charge is 2.14. The van der Waals surface area contributed by atoms with Gasteiger partial charge in [0, 0.05) is 0 Å². The SMILES string of the molecule is C#CCNc1nc(OC)nc(OC)c1C=O. The second-order valence-corrected chi connectivity index (χ2v) is 2.66. The molecule has 0 saturated heterocycles. The Balaban J connectivity index is 3.20. The first-order valence-electron chi connectivity index (χ1n) is 4.39. The Kier molecular flexibility index (Phi) is 4.09. The minimum atomic E-state index is 0.0990. The van der Waals surface area contributed by atoms with Crippen molar-refractivity contribution in [3.8, 4) is 24.2 Å². The van der Waals surface area contributed by atoms with E-state index in [4.69, 9.17) is 15.9 Å². The van der Waals surface area contributed by atoms with Gasteiger partial charge in [0.15, 0.2) is 6.29 Å². The first-order valence-corrected chi connectivity index (χ1v) is 4.39. The lowest BCUT2D eigenvalue weighted by molar-refractivity contribution is 0.112. The van der Waals surface area contributed by atoms with Crippen LogP contribution in [0.5, 0.6) is 11.9 Å². The third-order valence-electron chi connectivity index (χ3n) is 1.74. The lowest BCUT2D eigenvalue weighted by atomic mass is 10.3. The van der Waals surface area contributed by atoms with E-state index in [0.717, 1.165) is 0 Å². The zero-order valence-electron chi connectivity index (χ0n) is 8.98. The monoisotopic (exact) mass is 221 g/mol. The second kappa shape index (κ2) is 5.56. The van der Waals surface area contributed by atoms with Crippen LogP contribution in [0.15, 0.2) is 0 Å². The Morgan fingerprint density at radius 1 is 1.44 bits per heavy atom. The number of terminal acetylenes is 1. The van der Waals surface area contributed by atoms with Crippen LogP contribution in [0, 0.1) is 12.3 Å². The van der Waals surface area contributed by atoms with Gasteiger partial charge in [-0.25, -0.2) is 0 Å². The van der Waals surface area contributed by atoms with Gasteiger partial charge in [0.05, 0.1) is 20.8 Å². The molecule has 16 heavy (non-hydrogen) atoms. The number of aldehydes is 1. The molecule has 0 spiro atoms. The molecule has 0 aliphatic heterocycles. The van der Waals surface area contributed by atoms with Crippen LogP contribution in [0.1, 0.15) is 10.4 Å². The summed E-state index contributed by atoms with van der Waals surface area (Å²) >= 11 is 0. The summed E-state index contributed by atoms with van der Waals surface area (Å²) in [6.07, 6.45) is 5.70. The highest BCUT2D eigenvalue weighted by Crippen LogP contribution is 2.23. The van der Waals surface area contributed by atoms with Crippen molar-refractivity contribution in [2.24, 2.45) is 0 Å². The lowest BCUT2D eigenvalue weighted by Crippen LogP contribution is -2.08. The predicted molar refractivity (Wildman–Crippen MR) is 57.8 cm³/mol. The van der Waals surface area contributed by atoms with Crippen LogP contribution in [0.3, 0.4) is 0 Å². The Morgan fingerprint density at radius 2 is 2.19 bits per heavy atom. The molecule has 1 heterocycles. The number of rotatable bonds is 5. The molecule has 6 heteroatoms. The standard InChI is InChI=1S/C10H11N3O3/c1-4-5-11-8-7(6-14)9(15-2)13-10(12-8)16-3/h1,6H,5H2,2-3H3,(H,11,12,13). The molecule has 0 aromatic carbocycles. The molecule has 0 amide bonds. The molecule has 0 saturated carbocycles. The van der Waals surface area contributed by atoms with E-state index in [-0.39, 0.29) is 29.8 Å². The average Bonchev–Trinajstić information content (AvgIpc) is 2.34. The van der Waals surface area contributed by atoms with E-state index < -0.39 is 0 Å². The van der Waals surface area contributed by atoms with Gasteiger partial charge in [-0.05, 0) is 0 Å². The van der Waals surface area contributed by atoms with Gasteiger partial charge in [-0.1, -0.05) is 5.92 Å². The molecule has 6 nitrogen and oxygen atoms in total. The minimum absolute atomic E-state index is 0.0990. The molecule has 1 aromatic heterocycles. The normalized spacial score (nSPS) is 9.06. The Morgan fingerprint density at radius 3 is 2.69 bits per heavy atom. The Labute approximate surface area is 93.0 Å². The third-order valence-corrected chi connectivity index (χ3v) is 1.74. The fourth-order valence-electron chi connectivity index (χ4n) is 1.05.